The number of nitrogens with zero attached hydrogens (tertiary/aromatic N) is 2. The maximum atomic E-state index is 11.8. The minimum Gasteiger partial charge on any atom is -0.459 e. The molecule has 0 bridgehead atoms. The first-order chi connectivity index (χ1) is 8.23. The Kier molecular flexibility index (Phi) is 4.51. The van der Waals surface area contributed by atoms with E-state index in [0.717, 1.165) is 17.8 Å². The van der Waals surface area contributed by atoms with Crippen molar-refractivity contribution in [1.29, 1.82) is 0 Å². The van der Waals surface area contributed by atoms with Crippen LogP contribution in [0.25, 0.3) is 0 Å². The van der Waals surface area contributed by atoms with E-state index in [-0.39, 0.29) is 5.97 Å². The minimum absolute atomic E-state index is 0.369. The Balaban J connectivity index is 2.66. The van der Waals surface area contributed by atoms with Crippen LogP contribution in [0.1, 0.15) is 39.0 Å². The van der Waals surface area contributed by atoms with Crippen molar-refractivity contribution in [3.8, 4) is 0 Å². The van der Waals surface area contributed by atoms with E-state index in [4.69, 9.17) is 10.5 Å². The Morgan fingerprint density at radius 2 is 2.17 bits per heavy atom. The molecule has 0 amide bonds. The van der Waals surface area contributed by atoms with Gasteiger partial charge in [0.25, 0.3) is 0 Å². The molecule has 0 saturated heterocycles. The molecule has 102 valence electrons. The van der Waals surface area contributed by atoms with Gasteiger partial charge in [0, 0.05) is 19.2 Å². The average Bonchev–Trinajstić information content (AvgIpc) is 2.57. The van der Waals surface area contributed by atoms with Gasteiger partial charge >= 0.3 is 5.97 Å². The van der Waals surface area contributed by atoms with Gasteiger partial charge in [0.15, 0.2) is 0 Å². The second kappa shape index (κ2) is 5.52. The van der Waals surface area contributed by atoms with Gasteiger partial charge < -0.3 is 10.5 Å². The molecule has 1 aromatic heterocycles. The van der Waals surface area contributed by atoms with Gasteiger partial charge in [0.05, 0.1) is 5.69 Å². The third-order valence-electron chi connectivity index (χ3n) is 2.52. The second-order valence-electron chi connectivity index (χ2n) is 5.44. The van der Waals surface area contributed by atoms with Crippen molar-refractivity contribution in [3.05, 3.63) is 17.5 Å². The van der Waals surface area contributed by atoms with E-state index in [1.165, 1.54) is 0 Å². The van der Waals surface area contributed by atoms with Crippen molar-refractivity contribution >= 4 is 5.97 Å². The number of nitrogens with two attached hydrogens (primary N) is 1. The van der Waals surface area contributed by atoms with E-state index in [1.54, 1.807) is 0 Å². The number of esters is 1. The number of hydrogen-bond acceptors (Lipinski definition) is 4. The molecule has 0 saturated carbocycles. The first-order valence-corrected chi connectivity index (χ1v) is 6.24. The van der Waals surface area contributed by atoms with Crippen LogP contribution in [0, 0.1) is 6.92 Å². The maximum Gasteiger partial charge on any atom is 0.323 e. The van der Waals surface area contributed by atoms with Gasteiger partial charge in [0.1, 0.15) is 11.6 Å². The summed E-state index contributed by atoms with van der Waals surface area (Å²) in [4.78, 5) is 11.8. The molecule has 5 heteroatoms. The zero-order valence-electron chi connectivity index (χ0n) is 11.9. The lowest BCUT2D eigenvalue weighted by atomic mass is 10.1. The van der Waals surface area contributed by atoms with Gasteiger partial charge in [0.2, 0.25) is 0 Å². The zero-order valence-corrected chi connectivity index (χ0v) is 11.9. The van der Waals surface area contributed by atoms with Crippen LogP contribution in [-0.2, 0) is 22.5 Å². The Morgan fingerprint density at radius 3 is 2.61 bits per heavy atom. The zero-order chi connectivity index (χ0) is 13.9. The molecular weight excluding hydrogens is 230 g/mol. The molecule has 1 heterocycles. The fourth-order valence-electron chi connectivity index (χ4n) is 1.62. The van der Waals surface area contributed by atoms with E-state index in [9.17, 15) is 4.79 Å². The molecule has 1 unspecified atom stereocenters. The lowest BCUT2D eigenvalue weighted by Gasteiger charge is -2.22. The van der Waals surface area contributed by atoms with Crippen LogP contribution < -0.4 is 5.73 Å². The van der Waals surface area contributed by atoms with Gasteiger partial charge in [-0.3, -0.25) is 9.48 Å². The van der Waals surface area contributed by atoms with Crippen LogP contribution in [0.2, 0.25) is 0 Å². The van der Waals surface area contributed by atoms with E-state index < -0.39 is 11.6 Å². The molecule has 0 aliphatic heterocycles. The average molecular weight is 253 g/mol. The standard InChI is InChI=1S/C13H23N3O2/c1-6-16-8-10(9(2)15-16)7-11(14)12(17)18-13(3,4)5/h8,11H,6-7,14H2,1-5H3. The summed E-state index contributed by atoms with van der Waals surface area (Å²) in [5, 5.41) is 4.33. The Morgan fingerprint density at radius 1 is 1.56 bits per heavy atom. The lowest BCUT2D eigenvalue weighted by Crippen LogP contribution is -2.38. The summed E-state index contributed by atoms with van der Waals surface area (Å²) in [5.74, 6) is -0.369. The highest BCUT2D eigenvalue weighted by molar-refractivity contribution is 5.76. The smallest absolute Gasteiger partial charge is 0.323 e. The van der Waals surface area contributed by atoms with E-state index >= 15 is 0 Å². The number of carbonyl (C=O) groups is 1. The molecule has 0 aliphatic rings. The van der Waals surface area contributed by atoms with Crippen LogP contribution in [0.4, 0.5) is 0 Å². The summed E-state index contributed by atoms with van der Waals surface area (Å²) < 4.78 is 7.09. The SMILES string of the molecule is CCn1cc(CC(N)C(=O)OC(C)(C)C)c(C)n1. The van der Waals surface area contributed by atoms with E-state index in [0.29, 0.717) is 6.42 Å². The van der Waals surface area contributed by atoms with Gasteiger partial charge in [-0.05, 0) is 40.2 Å². The van der Waals surface area contributed by atoms with E-state index in [2.05, 4.69) is 5.10 Å². The Labute approximate surface area is 108 Å². The molecular formula is C13H23N3O2. The first-order valence-electron chi connectivity index (χ1n) is 6.24. The fourth-order valence-corrected chi connectivity index (χ4v) is 1.62. The predicted molar refractivity (Wildman–Crippen MR) is 70.2 cm³/mol. The molecule has 18 heavy (non-hydrogen) atoms. The van der Waals surface area contributed by atoms with Gasteiger partial charge in [-0.15, -0.1) is 0 Å². The highest BCUT2D eigenvalue weighted by atomic mass is 16.6. The quantitative estimate of drug-likeness (QED) is 0.824. The largest absolute Gasteiger partial charge is 0.459 e. The van der Waals surface area contributed by atoms with Crippen LogP contribution in [0.5, 0.6) is 0 Å². The van der Waals surface area contributed by atoms with Crippen molar-refractivity contribution in [2.75, 3.05) is 0 Å². The topological polar surface area (TPSA) is 70.1 Å². The fraction of sp³-hybridized carbons (Fsp3) is 0.692. The van der Waals surface area contributed by atoms with Crippen molar-refractivity contribution in [1.82, 2.24) is 9.78 Å². The number of carbonyl (C=O) groups excluding carboxylic acids is 1. The molecule has 5 nitrogen and oxygen atoms in total. The van der Waals surface area contributed by atoms with Crippen molar-refractivity contribution in [2.45, 2.75) is 59.2 Å². The molecule has 1 atom stereocenters. The summed E-state index contributed by atoms with van der Waals surface area (Å²) in [5.41, 5.74) is 7.27. The number of rotatable bonds is 4. The molecule has 0 radical (unpaired) electrons. The van der Waals surface area contributed by atoms with Crippen LogP contribution >= 0.6 is 0 Å². The predicted octanol–water partition coefficient (Wildman–Crippen LogP) is 1.42. The molecule has 0 aromatic carbocycles. The first kappa shape index (κ1) is 14.7. The molecule has 0 fully saturated rings. The van der Waals surface area contributed by atoms with Crippen molar-refractivity contribution in [2.24, 2.45) is 5.73 Å². The summed E-state index contributed by atoms with van der Waals surface area (Å²) in [6.07, 6.45) is 2.39. The van der Waals surface area contributed by atoms with Crippen LogP contribution in [-0.4, -0.2) is 27.4 Å². The van der Waals surface area contributed by atoms with Crippen LogP contribution in [0.3, 0.4) is 0 Å². The number of ether oxygens (including phenoxy) is 1. The highest BCUT2D eigenvalue weighted by Gasteiger charge is 2.23. The number of aromatic nitrogens is 2. The minimum atomic E-state index is -0.641. The summed E-state index contributed by atoms with van der Waals surface area (Å²) in [7, 11) is 0. The number of hydrogen-bond donors (Lipinski definition) is 1. The van der Waals surface area contributed by atoms with Gasteiger partial charge in [-0.2, -0.15) is 5.10 Å². The Bertz CT molecular complexity index is 418. The summed E-state index contributed by atoms with van der Waals surface area (Å²) in [6.45, 7) is 10.2. The highest BCUT2D eigenvalue weighted by Crippen LogP contribution is 2.12. The van der Waals surface area contributed by atoms with Gasteiger partial charge in [-0.25, -0.2) is 0 Å². The lowest BCUT2D eigenvalue weighted by molar-refractivity contribution is -0.156. The Hall–Kier alpha value is -1.36. The van der Waals surface area contributed by atoms with E-state index in [1.807, 2.05) is 45.5 Å². The molecule has 1 aromatic rings. The van der Waals surface area contributed by atoms with Crippen molar-refractivity contribution < 1.29 is 9.53 Å². The third-order valence-corrected chi connectivity index (χ3v) is 2.52. The molecule has 0 aliphatic carbocycles. The second-order valence-corrected chi connectivity index (χ2v) is 5.44. The maximum absolute atomic E-state index is 11.8. The van der Waals surface area contributed by atoms with Gasteiger partial charge in [-0.1, -0.05) is 0 Å². The normalized spacial score (nSPS) is 13.4. The number of aryl methyl sites for hydroxylation is 2. The van der Waals surface area contributed by atoms with Crippen LogP contribution in [0.15, 0.2) is 6.20 Å². The summed E-state index contributed by atoms with van der Waals surface area (Å²) in [6, 6.07) is -0.641. The molecule has 0 spiro atoms. The molecule has 2 N–H and O–H groups in total. The summed E-state index contributed by atoms with van der Waals surface area (Å²) >= 11 is 0. The third kappa shape index (κ3) is 4.14. The molecule has 1 rings (SSSR count). The van der Waals surface area contributed by atoms with Crippen molar-refractivity contribution in [3.63, 3.8) is 0 Å². The monoisotopic (exact) mass is 253 g/mol.